The van der Waals surface area contributed by atoms with Gasteiger partial charge in [-0.1, -0.05) is 65.0 Å². The second-order valence-corrected chi connectivity index (χ2v) is 15.6. The van der Waals surface area contributed by atoms with Gasteiger partial charge in [-0.3, -0.25) is 19.2 Å². The number of carbonyl (C=O) groups is 4. The molecular formula is C35H53BN2O7. The zero-order valence-corrected chi connectivity index (χ0v) is 28.6. The lowest BCUT2D eigenvalue weighted by atomic mass is 9.43. The molecule has 4 aliphatic rings. The first kappa shape index (κ1) is 35.1. The van der Waals surface area contributed by atoms with Crippen molar-refractivity contribution in [3.05, 3.63) is 35.9 Å². The summed E-state index contributed by atoms with van der Waals surface area (Å²) >= 11 is 0. The van der Waals surface area contributed by atoms with Crippen LogP contribution < -0.4 is 10.6 Å². The molecule has 3 saturated carbocycles. The van der Waals surface area contributed by atoms with E-state index in [-0.39, 0.29) is 66.3 Å². The Morgan fingerprint density at radius 1 is 1.00 bits per heavy atom. The fraction of sp³-hybridized carbons (Fsp3) is 0.714. The Bertz CT molecular complexity index is 1250. The van der Waals surface area contributed by atoms with E-state index in [0.29, 0.717) is 11.8 Å². The summed E-state index contributed by atoms with van der Waals surface area (Å²) in [6.45, 7) is 17.5. The zero-order valence-electron chi connectivity index (χ0n) is 28.6. The number of benzene rings is 1. The number of esters is 1. The highest BCUT2D eigenvalue weighted by molar-refractivity contribution is 6.46. The average Bonchev–Trinajstić information content (AvgIpc) is 3.29. The Hall–Kier alpha value is -2.72. The van der Waals surface area contributed by atoms with Gasteiger partial charge in [-0.05, 0) is 75.7 Å². The fourth-order valence-corrected chi connectivity index (χ4v) is 7.50. The molecule has 5 rings (SSSR count). The molecule has 1 saturated heterocycles. The van der Waals surface area contributed by atoms with Gasteiger partial charge in [0.2, 0.25) is 11.8 Å². The number of hydrogen-bond acceptors (Lipinski definition) is 7. The molecule has 45 heavy (non-hydrogen) atoms. The second-order valence-electron chi connectivity index (χ2n) is 15.6. The summed E-state index contributed by atoms with van der Waals surface area (Å²) in [6.07, 6.45) is 2.51. The van der Waals surface area contributed by atoms with Crippen LogP contribution in [0.25, 0.3) is 0 Å². The molecule has 9 nitrogen and oxygen atoms in total. The van der Waals surface area contributed by atoms with Gasteiger partial charge in [-0.2, -0.15) is 0 Å². The van der Waals surface area contributed by atoms with Crippen LogP contribution in [-0.2, 0) is 39.6 Å². The van der Waals surface area contributed by atoms with Crippen LogP contribution in [0.2, 0.25) is 0 Å². The van der Waals surface area contributed by atoms with E-state index in [1.54, 1.807) is 27.7 Å². The highest BCUT2D eigenvalue weighted by Gasteiger charge is 2.67. The molecule has 0 spiro atoms. The summed E-state index contributed by atoms with van der Waals surface area (Å²) < 4.78 is 18.1. The Labute approximate surface area is 269 Å². The van der Waals surface area contributed by atoms with Crippen LogP contribution in [0.5, 0.6) is 0 Å². The number of rotatable bonds is 13. The van der Waals surface area contributed by atoms with E-state index in [0.717, 1.165) is 18.4 Å². The molecule has 1 aromatic carbocycles. The number of ether oxygens (including phenoxy) is 1. The maximum absolute atomic E-state index is 13.6. The lowest BCUT2D eigenvalue weighted by Gasteiger charge is -2.64. The molecule has 0 radical (unpaired) electrons. The topological polar surface area (TPSA) is 120 Å². The van der Waals surface area contributed by atoms with E-state index in [1.165, 1.54) is 0 Å². The van der Waals surface area contributed by atoms with Gasteiger partial charge in [0.1, 0.15) is 5.60 Å². The number of Topliss-reactive ketones (excluding diaryl/α,β-unsaturated/α-hetero) is 1. The number of ketones is 1. The normalized spacial score (nSPS) is 27.1. The zero-order chi connectivity index (χ0) is 33.3. The summed E-state index contributed by atoms with van der Waals surface area (Å²) in [7, 11) is -0.523. The van der Waals surface area contributed by atoms with Gasteiger partial charge in [-0.25, -0.2) is 0 Å². The van der Waals surface area contributed by atoms with E-state index < -0.39 is 36.6 Å². The Morgan fingerprint density at radius 2 is 1.67 bits per heavy atom. The monoisotopic (exact) mass is 624 g/mol. The van der Waals surface area contributed by atoms with Gasteiger partial charge in [0.15, 0.2) is 5.78 Å². The summed E-state index contributed by atoms with van der Waals surface area (Å²) in [5.41, 5.74) is 0.0994. The molecule has 1 aliphatic heterocycles. The van der Waals surface area contributed by atoms with Crippen molar-refractivity contribution in [2.45, 2.75) is 118 Å². The van der Waals surface area contributed by atoms with Gasteiger partial charge in [0.25, 0.3) is 0 Å². The van der Waals surface area contributed by atoms with E-state index in [2.05, 4.69) is 31.4 Å². The molecule has 10 heteroatoms. The molecule has 248 valence electrons. The molecule has 1 unspecified atom stereocenters. The number of nitrogens with one attached hydrogen (secondary N) is 2. The molecule has 4 fully saturated rings. The van der Waals surface area contributed by atoms with Gasteiger partial charge in [-0.15, -0.1) is 0 Å². The molecule has 2 amide bonds. The predicted molar refractivity (Wildman–Crippen MR) is 173 cm³/mol. The summed E-state index contributed by atoms with van der Waals surface area (Å²) in [4.78, 5) is 52.8. The lowest BCUT2D eigenvalue weighted by molar-refractivity contribution is -0.199. The van der Waals surface area contributed by atoms with Crippen LogP contribution in [0.1, 0.15) is 93.6 Å². The molecule has 0 aromatic heterocycles. The van der Waals surface area contributed by atoms with Crippen molar-refractivity contribution < 1.29 is 33.2 Å². The average molecular weight is 625 g/mol. The summed E-state index contributed by atoms with van der Waals surface area (Å²) in [5, 5.41) is 5.84. The van der Waals surface area contributed by atoms with Crippen LogP contribution in [0.4, 0.5) is 0 Å². The minimum absolute atomic E-state index is 0.0301. The maximum Gasteiger partial charge on any atom is 0.478 e. The first-order chi connectivity index (χ1) is 20.9. The van der Waals surface area contributed by atoms with Crippen molar-refractivity contribution in [3.8, 4) is 0 Å². The number of carbonyl (C=O) groups excluding carboxylic acids is 4. The molecule has 2 bridgehead atoms. The number of amides is 2. The first-order valence-corrected chi connectivity index (χ1v) is 16.6. The van der Waals surface area contributed by atoms with E-state index in [4.69, 9.17) is 14.0 Å². The maximum atomic E-state index is 13.6. The Balaban J connectivity index is 1.35. The van der Waals surface area contributed by atoms with Crippen LogP contribution >= 0.6 is 0 Å². The lowest BCUT2D eigenvalue weighted by Crippen LogP contribution is -2.65. The second kappa shape index (κ2) is 13.6. The van der Waals surface area contributed by atoms with Crippen LogP contribution in [0.3, 0.4) is 0 Å². The third-order valence-electron chi connectivity index (χ3n) is 10.3. The smallest absolute Gasteiger partial charge is 0.460 e. The van der Waals surface area contributed by atoms with Crippen molar-refractivity contribution in [3.63, 3.8) is 0 Å². The van der Waals surface area contributed by atoms with Crippen LogP contribution in [0.15, 0.2) is 30.3 Å². The van der Waals surface area contributed by atoms with E-state index >= 15 is 0 Å². The first-order valence-electron chi connectivity index (χ1n) is 16.6. The Morgan fingerprint density at radius 3 is 2.27 bits per heavy atom. The largest absolute Gasteiger partial charge is 0.478 e. The standard InChI is InChI=1S/C35H53BN2O7/c1-21(2)25(19-30(40)43-33(4,5)6)32(42)38-26(16-23-13-11-10-12-14-23)27(39)15-22(3)31(41)37-20-36-44-29-18-24-17-28(34(24,7)8)35(29,9)45-36/h10-14,21-22,24-26,28-29H,15-20H2,1-9H3,(H,37,41)(H,38,42)/t22-,24?,25+,26+,28+,29-,35+/m1/s1. The predicted octanol–water partition coefficient (Wildman–Crippen LogP) is 4.70. The minimum atomic E-state index is -0.852. The fourth-order valence-electron chi connectivity index (χ4n) is 7.50. The molecule has 3 aliphatic carbocycles. The van der Waals surface area contributed by atoms with Crippen molar-refractivity contribution in [2.75, 3.05) is 6.44 Å². The van der Waals surface area contributed by atoms with Crippen LogP contribution in [0, 0.1) is 35.0 Å². The SMILES string of the molecule is CC(C)[C@H](CC(=O)OC(C)(C)C)C(=O)N[C@@H](Cc1ccccc1)C(=O)C[C@@H](C)C(=O)NCB1O[C@@H]2CC3C[C@@H](C3(C)C)[C@]2(C)O1. The highest BCUT2D eigenvalue weighted by Crippen LogP contribution is 2.65. The minimum Gasteiger partial charge on any atom is -0.460 e. The molecule has 2 N–H and O–H groups in total. The Kier molecular flexibility index (Phi) is 10.6. The van der Waals surface area contributed by atoms with Crippen molar-refractivity contribution >= 4 is 30.7 Å². The van der Waals surface area contributed by atoms with Crippen LogP contribution in [-0.4, -0.2) is 60.5 Å². The number of hydrogen-bond donors (Lipinski definition) is 2. The van der Waals surface area contributed by atoms with Crippen molar-refractivity contribution in [1.29, 1.82) is 0 Å². The van der Waals surface area contributed by atoms with Gasteiger partial charge in [0, 0.05) is 12.3 Å². The molecule has 7 atom stereocenters. The third-order valence-corrected chi connectivity index (χ3v) is 10.3. The third kappa shape index (κ3) is 8.17. The van der Waals surface area contributed by atoms with Gasteiger partial charge in [0.05, 0.1) is 36.5 Å². The van der Waals surface area contributed by atoms with Crippen molar-refractivity contribution in [2.24, 2.45) is 35.0 Å². The van der Waals surface area contributed by atoms with Gasteiger partial charge >= 0.3 is 13.1 Å². The van der Waals surface area contributed by atoms with Crippen molar-refractivity contribution in [1.82, 2.24) is 10.6 Å². The summed E-state index contributed by atoms with van der Waals surface area (Å²) in [6, 6.07) is 8.58. The quantitative estimate of drug-likeness (QED) is 0.241. The van der Waals surface area contributed by atoms with Gasteiger partial charge < -0.3 is 24.7 Å². The molecular weight excluding hydrogens is 571 g/mol. The summed E-state index contributed by atoms with van der Waals surface area (Å²) in [5.74, 6) is -1.73. The highest BCUT2D eigenvalue weighted by atomic mass is 16.7. The van der Waals surface area contributed by atoms with E-state index in [1.807, 2.05) is 44.2 Å². The molecule has 1 heterocycles. The molecule has 1 aromatic rings. The van der Waals surface area contributed by atoms with E-state index in [9.17, 15) is 19.2 Å².